The largest absolute Gasteiger partial charge is 0.355 e. The lowest BCUT2D eigenvalue weighted by molar-refractivity contribution is 0.751. The molecule has 6 nitrogen and oxygen atoms in total. The average Bonchev–Trinajstić information content (AvgIpc) is 3.09. The highest BCUT2D eigenvalue weighted by Crippen LogP contribution is 2.26. The maximum atomic E-state index is 6.05. The number of aromatic nitrogens is 4. The van der Waals surface area contributed by atoms with Gasteiger partial charge >= 0.3 is 0 Å². The van der Waals surface area contributed by atoms with Crippen molar-refractivity contribution in [2.24, 2.45) is 5.73 Å². The van der Waals surface area contributed by atoms with Crippen LogP contribution in [-0.2, 0) is 0 Å². The van der Waals surface area contributed by atoms with E-state index in [1.54, 1.807) is 18.6 Å². The first-order chi connectivity index (χ1) is 11.8. The minimum absolute atomic E-state index is 0.195. The van der Waals surface area contributed by atoms with Gasteiger partial charge in [0.1, 0.15) is 11.5 Å². The molecule has 6 heteroatoms. The molecule has 1 atom stereocenters. The Hall–Kier alpha value is -2.86. The molecule has 120 valence electrons. The van der Waals surface area contributed by atoms with E-state index in [1.165, 1.54) is 0 Å². The third kappa shape index (κ3) is 2.96. The normalized spacial score (nSPS) is 17.2. The van der Waals surface area contributed by atoms with E-state index in [9.17, 15) is 0 Å². The number of rotatable bonds is 3. The molecule has 0 saturated carbocycles. The van der Waals surface area contributed by atoms with Crippen molar-refractivity contribution in [3.8, 4) is 22.8 Å². The van der Waals surface area contributed by atoms with E-state index in [0.29, 0.717) is 11.5 Å². The fourth-order valence-electron chi connectivity index (χ4n) is 2.88. The summed E-state index contributed by atoms with van der Waals surface area (Å²) in [6.45, 7) is 1.72. The minimum atomic E-state index is 0.195. The van der Waals surface area contributed by atoms with Crippen molar-refractivity contribution >= 4 is 5.82 Å². The highest BCUT2D eigenvalue weighted by Gasteiger charge is 2.22. The molecule has 0 amide bonds. The molecule has 0 bridgehead atoms. The zero-order chi connectivity index (χ0) is 16.4. The molecule has 4 rings (SSSR count). The van der Waals surface area contributed by atoms with Gasteiger partial charge in [0, 0.05) is 43.2 Å². The van der Waals surface area contributed by atoms with E-state index in [4.69, 9.17) is 15.7 Å². The van der Waals surface area contributed by atoms with Gasteiger partial charge in [-0.3, -0.25) is 4.98 Å². The van der Waals surface area contributed by atoms with Crippen molar-refractivity contribution in [1.29, 1.82) is 0 Å². The molecular weight excluding hydrogens is 300 g/mol. The average molecular weight is 318 g/mol. The SMILES string of the molecule is NC1CCN(c2cc(-c3ccccc3)nc(-c3cnccn3)n2)C1. The number of hydrogen-bond donors (Lipinski definition) is 1. The van der Waals surface area contributed by atoms with Crippen molar-refractivity contribution < 1.29 is 0 Å². The summed E-state index contributed by atoms with van der Waals surface area (Å²) in [6, 6.07) is 12.3. The highest BCUT2D eigenvalue weighted by atomic mass is 15.2. The summed E-state index contributed by atoms with van der Waals surface area (Å²) in [5.74, 6) is 1.47. The zero-order valence-electron chi connectivity index (χ0n) is 13.2. The second-order valence-corrected chi connectivity index (χ2v) is 5.89. The number of nitrogens with zero attached hydrogens (tertiary/aromatic N) is 5. The van der Waals surface area contributed by atoms with E-state index < -0.39 is 0 Å². The van der Waals surface area contributed by atoms with Crippen molar-refractivity contribution in [2.45, 2.75) is 12.5 Å². The van der Waals surface area contributed by atoms with Gasteiger partial charge in [0.2, 0.25) is 0 Å². The van der Waals surface area contributed by atoms with E-state index in [1.807, 2.05) is 36.4 Å². The Morgan fingerprint density at radius 1 is 1.04 bits per heavy atom. The molecular formula is C18H18N6. The van der Waals surface area contributed by atoms with Gasteiger partial charge in [-0.25, -0.2) is 15.0 Å². The molecule has 0 radical (unpaired) electrons. The van der Waals surface area contributed by atoms with Gasteiger partial charge in [-0.2, -0.15) is 0 Å². The van der Waals surface area contributed by atoms with E-state index in [-0.39, 0.29) is 6.04 Å². The standard InChI is InChI=1S/C18H18N6/c19-14-6-9-24(12-14)17-10-15(13-4-2-1-3-5-13)22-18(23-17)16-11-20-7-8-21-16/h1-5,7-8,10-11,14H,6,9,12,19H2. The monoisotopic (exact) mass is 318 g/mol. The first-order valence-electron chi connectivity index (χ1n) is 8.01. The van der Waals surface area contributed by atoms with Crippen LogP contribution >= 0.6 is 0 Å². The highest BCUT2D eigenvalue weighted by molar-refractivity contribution is 5.66. The molecule has 1 aliphatic rings. The Morgan fingerprint density at radius 3 is 2.62 bits per heavy atom. The quantitative estimate of drug-likeness (QED) is 0.797. The van der Waals surface area contributed by atoms with Gasteiger partial charge in [-0.05, 0) is 6.42 Å². The smallest absolute Gasteiger partial charge is 0.182 e. The predicted molar refractivity (Wildman–Crippen MR) is 93.3 cm³/mol. The van der Waals surface area contributed by atoms with E-state index >= 15 is 0 Å². The Bertz CT molecular complexity index is 764. The van der Waals surface area contributed by atoms with Gasteiger partial charge in [-0.1, -0.05) is 30.3 Å². The summed E-state index contributed by atoms with van der Waals surface area (Å²) in [4.78, 5) is 20.1. The Labute approximate surface area is 140 Å². The van der Waals surface area contributed by atoms with Crippen LogP contribution in [0.2, 0.25) is 0 Å². The Morgan fingerprint density at radius 2 is 1.92 bits per heavy atom. The molecule has 2 N–H and O–H groups in total. The van der Waals surface area contributed by atoms with Crippen LogP contribution in [0.4, 0.5) is 5.82 Å². The number of anilines is 1. The van der Waals surface area contributed by atoms with Gasteiger partial charge in [0.15, 0.2) is 5.82 Å². The van der Waals surface area contributed by atoms with Crippen LogP contribution in [-0.4, -0.2) is 39.1 Å². The molecule has 24 heavy (non-hydrogen) atoms. The fourth-order valence-corrected chi connectivity index (χ4v) is 2.88. The summed E-state index contributed by atoms with van der Waals surface area (Å²) in [7, 11) is 0. The van der Waals surface area contributed by atoms with Crippen LogP contribution in [0.15, 0.2) is 55.0 Å². The summed E-state index contributed by atoms with van der Waals surface area (Å²) in [5.41, 5.74) is 8.65. The number of hydrogen-bond acceptors (Lipinski definition) is 6. The maximum Gasteiger partial charge on any atom is 0.182 e. The fraction of sp³-hybridized carbons (Fsp3) is 0.222. The van der Waals surface area contributed by atoms with Crippen LogP contribution < -0.4 is 10.6 Å². The first-order valence-corrected chi connectivity index (χ1v) is 8.01. The molecule has 0 spiro atoms. The summed E-state index contributed by atoms with van der Waals surface area (Å²) in [6.07, 6.45) is 5.96. The molecule has 1 aromatic carbocycles. The molecule has 3 heterocycles. The molecule has 0 aliphatic carbocycles. The molecule has 1 unspecified atom stereocenters. The van der Waals surface area contributed by atoms with Crippen molar-refractivity contribution in [1.82, 2.24) is 19.9 Å². The van der Waals surface area contributed by atoms with E-state index in [0.717, 1.165) is 36.6 Å². The summed E-state index contributed by atoms with van der Waals surface area (Å²) < 4.78 is 0. The molecule has 1 saturated heterocycles. The minimum Gasteiger partial charge on any atom is -0.355 e. The van der Waals surface area contributed by atoms with Crippen LogP contribution in [0.5, 0.6) is 0 Å². The van der Waals surface area contributed by atoms with E-state index in [2.05, 4.69) is 14.9 Å². The Balaban J connectivity index is 1.82. The van der Waals surface area contributed by atoms with Crippen molar-refractivity contribution in [3.63, 3.8) is 0 Å². The van der Waals surface area contributed by atoms with Gasteiger partial charge in [0.25, 0.3) is 0 Å². The molecule has 2 aromatic heterocycles. The van der Waals surface area contributed by atoms with Crippen molar-refractivity contribution in [2.75, 3.05) is 18.0 Å². The number of benzene rings is 1. The topological polar surface area (TPSA) is 80.8 Å². The summed E-state index contributed by atoms with van der Waals surface area (Å²) in [5, 5.41) is 0. The zero-order valence-corrected chi connectivity index (χ0v) is 13.2. The molecule has 3 aromatic rings. The lowest BCUT2D eigenvalue weighted by atomic mass is 10.1. The van der Waals surface area contributed by atoms with Crippen LogP contribution in [0.3, 0.4) is 0 Å². The van der Waals surface area contributed by atoms with Gasteiger partial charge in [-0.15, -0.1) is 0 Å². The first kappa shape index (κ1) is 14.7. The van der Waals surface area contributed by atoms with Gasteiger partial charge in [0.05, 0.1) is 11.9 Å². The van der Waals surface area contributed by atoms with Crippen LogP contribution in [0.25, 0.3) is 22.8 Å². The predicted octanol–water partition coefficient (Wildman–Crippen LogP) is 2.14. The lowest BCUT2D eigenvalue weighted by Gasteiger charge is -2.18. The van der Waals surface area contributed by atoms with Crippen LogP contribution in [0, 0.1) is 0 Å². The Kier molecular flexibility index (Phi) is 3.88. The number of nitrogens with two attached hydrogens (primary N) is 1. The molecule has 1 aliphatic heterocycles. The summed E-state index contributed by atoms with van der Waals surface area (Å²) >= 11 is 0. The van der Waals surface area contributed by atoms with Gasteiger partial charge < -0.3 is 10.6 Å². The van der Waals surface area contributed by atoms with Crippen LogP contribution in [0.1, 0.15) is 6.42 Å². The third-order valence-corrected chi connectivity index (χ3v) is 4.12. The third-order valence-electron chi connectivity index (χ3n) is 4.12. The second kappa shape index (κ2) is 6.33. The lowest BCUT2D eigenvalue weighted by Crippen LogP contribution is -2.27. The second-order valence-electron chi connectivity index (χ2n) is 5.89. The van der Waals surface area contributed by atoms with Crippen molar-refractivity contribution in [3.05, 3.63) is 55.0 Å². The molecule has 1 fully saturated rings. The maximum absolute atomic E-state index is 6.05.